The smallest absolute Gasteiger partial charge is 0.457 e. The highest BCUT2D eigenvalue weighted by Crippen LogP contribution is 2.37. The average Bonchev–Trinajstić information content (AvgIpc) is 3.29. The van der Waals surface area contributed by atoms with Crippen LogP contribution in [0.3, 0.4) is 0 Å². The van der Waals surface area contributed by atoms with E-state index in [-0.39, 0.29) is 11.7 Å². The van der Waals surface area contributed by atoms with Gasteiger partial charge in [-0.15, -0.1) is 11.3 Å². The van der Waals surface area contributed by atoms with Gasteiger partial charge in [-0.3, -0.25) is 14.5 Å². The number of nitrogens with one attached hydrogen (secondary N) is 1. The van der Waals surface area contributed by atoms with Crippen molar-refractivity contribution in [1.29, 1.82) is 0 Å². The number of thiophene rings is 1. The summed E-state index contributed by atoms with van der Waals surface area (Å²) in [4.78, 5) is 28.0. The summed E-state index contributed by atoms with van der Waals surface area (Å²) in [6.45, 7) is 1.80. The van der Waals surface area contributed by atoms with E-state index in [1.54, 1.807) is 43.3 Å². The van der Waals surface area contributed by atoms with Crippen molar-refractivity contribution in [3.63, 3.8) is 0 Å². The average molecular weight is 517 g/mol. The maximum atomic E-state index is 13.8. The lowest BCUT2D eigenvalue weighted by atomic mass is 9.95. The molecule has 5 nitrogen and oxygen atoms in total. The molecule has 36 heavy (non-hydrogen) atoms. The van der Waals surface area contributed by atoms with Crippen molar-refractivity contribution in [2.24, 2.45) is 0 Å². The zero-order chi connectivity index (χ0) is 25.7. The van der Waals surface area contributed by atoms with E-state index in [0.29, 0.717) is 21.3 Å². The Morgan fingerprint density at radius 2 is 1.58 bits per heavy atom. The summed E-state index contributed by atoms with van der Waals surface area (Å²) in [7, 11) is 0. The normalized spacial score (nSPS) is 15.2. The number of hydrogen-bond acceptors (Lipinski definition) is 4. The number of alkyl halides is 3. The minimum absolute atomic E-state index is 0.0485. The number of nitrogens with zero attached hydrogens (tertiary/aromatic N) is 1. The van der Waals surface area contributed by atoms with Crippen LogP contribution in [0.25, 0.3) is 0 Å². The largest absolute Gasteiger partial charge is 0.471 e. The molecule has 0 spiro atoms. The summed E-state index contributed by atoms with van der Waals surface area (Å²) in [5.74, 6) is -1.77. The highest BCUT2D eigenvalue weighted by molar-refractivity contribution is 7.12. The lowest BCUT2D eigenvalue weighted by Crippen LogP contribution is -2.50. The van der Waals surface area contributed by atoms with Gasteiger partial charge in [0, 0.05) is 21.5 Å². The molecular weight excluding hydrogens is 489 g/mol. The second-order valence-corrected chi connectivity index (χ2v) is 10.1. The Labute approximate surface area is 211 Å². The van der Waals surface area contributed by atoms with E-state index in [4.69, 9.17) is 4.74 Å². The predicted molar refractivity (Wildman–Crippen MR) is 133 cm³/mol. The van der Waals surface area contributed by atoms with Crippen molar-refractivity contribution < 1.29 is 27.5 Å². The molecule has 0 bridgehead atoms. The first-order valence-electron chi connectivity index (χ1n) is 11.8. The van der Waals surface area contributed by atoms with E-state index in [9.17, 15) is 22.8 Å². The SMILES string of the molecule is Cc1ccc([C@H](C(=O)NC2CCCCC2)N(C(=O)C(F)(F)F)c2ccc(Oc3ccccc3)cc2)s1. The topological polar surface area (TPSA) is 58.6 Å². The third kappa shape index (κ3) is 6.26. The Hall–Kier alpha value is -3.33. The van der Waals surface area contributed by atoms with Crippen LogP contribution in [-0.2, 0) is 9.59 Å². The number of carbonyl (C=O) groups excluding carboxylic acids is 2. The number of halogens is 3. The van der Waals surface area contributed by atoms with E-state index in [2.05, 4.69) is 5.32 Å². The van der Waals surface area contributed by atoms with E-state index in [1.165, 1.54) is 35.6 Å². The van der Waals surface area contributed by atoms with Gasteiger partial charge in [0.2, 0.25) is 5.91 Å². The quantitative estimate of drug-likeness (QED) is 0.370. The third-order valence-electron chi connectivity index (χ3n) is 6.04. The monoisotopic (exact) mass is 516 g/mol. The van der Waals surface area contributed by atoms with Gasteiger partial charge in [-0.2, -0.15) is 13.2 Å². The molecule has 1 N–H and O–H groups in total. The van der Waals surface area contributed by atoms with E-state index >= 15 is 0 Å². The fourth-order valence-corrected chi connectivity index (χ4v) is 5.29. The number of benzene rings is 2. The van der Waals surface area contributed by atoms with Crippen molar-refractivity contribution in [2.75, 3.05) is 4.90 Å². The number of aryl methyl sites for hydroxylation is 1. The molecular formula is C27H27F3N2O3S. The molecule has 3 aromatic rings. The van der Waals surface area contributed by atoms with Crippen LogP contribution in [0.5, 0.6) is 11.5 Å². The van der Waals surface area contributed by atoms with Crippen LogP contribution >= 0.6 is 11.3 Å². The zero-order valence-corrected chi connectivity index (χ0v) is 20.6. The molecule has 2 amide bonds. The minimum Gasteiger partial charge on any atom is -0.457 e. The van der Waals surface area contributed by atoms with Crippen LogP contribution in [0, 0.1) is 6.92 Å². The molecule has 4 rings (SSSR count). The Balaban J connectivity index is 1.70. The molecule has 2 aromatic carbocycles. The molecule has 1 heterocycles. The fraction of sp³-hybridized carbons (Fsp3) is 0.333. The first-order chi connectivity index (χ1) is 17.2. The molecule has 0 radical (unpaired) electrons. The first-order valence-corrected chi connectivity index (χ1v) is 12.6. The van der Waals surface area contributed by atoms with Crippen molar-refractivity contribution in [1.82, 2.24) is 5.32 Å². The summed E-state index contributed by atoms with van der Waals surface area (Å²) in [5, 5.41) is 2.91. The summed E-state index contributed by atoms with van der Waals surface area (Å²) >= 11 is 1.20. The number of hydrogen-bond donors (Lipinski definition) is 1. The second kappa shape index (κ2) is 11.2. The third-order valence-corrected chi connectivity index (χ3v) is 7.10. The minimum atomic E-state index is -5.17. The highest BCUT2D eigenvalue weighted by atomic mass is 32.1. The van der Waals surface area contributed by atoms with E-state index < -0.39 is 24.0 Å². The summed E-state index contributed by atoms with van der Waals surface area (Å²) < 4.78 is 47.2. The molecule has 0 unspecified atom stereocenters. The highest BCUT2D eigenvalue weighted by Gasteiger charge is 2.48. The van der Waals surface area contributed by atoms with Crippen LogP contribution in [0.4, 0.5) is 18.9 Å². The van der Waals surface area contributed by atoms with Gasteiger partial charge in [0.1, 0.15) is 11.5 Å². The van der Waals surface area contributed by atoms with Gasteiger partial charge >= 0.3 is 12.1 Å². The number of carbonyl (C=O) groups is 2. The van der Waals surface area contributed by atoms with Crippen LogP contribution in [0.1, 0.15) is 47.9 Å². The van der Waals surface area contributed by atoms with Crippen molar-refractivity contribution in [2.45, 2.75) is 57.3 Å². The van der Waals surface area contributed by atoms with Gasteiger partial charge in [0.05, 0.1) is 0 Å². The lowest BCUT2D eigenvalue weighted by Gasteiger charge is -2.33. The number of amides is 2. The van der Waals surface area contributed by atoms with Gasteiger partial charge < -0.3 is 10.1 Å². The number of ether oxygens (including phenoxy) is 1. The standard InChI is InChI=1S/C27H27F3N2O3S/c1-18-12-17-23(36-18)24(25(33)31-19-8-4-2-5-9-19)32(26(34)27(28,29)30)20-13-15-22(16-14-20)35-21-10-6-3-7-11-21/h3,6-7,10-17,19,24H,2,4-5,8-9H2,1H3,(H,31,33)/t24-/m1/s1. The van der Waals surface area contributed by atoms with Gasteiger partial charge in [0.25, 0.3) is 0 Å². The van der Waals surface area contributed by atoms with Crippen LogP contribution in [0.2, 0.25) is 0 Å². The van der Waals surface area contributed by atoms with Crippen LogP contribution in [0.15, 0.2) is 66.7 Å². The van der Waals surface area contributed by atoms with E-state index in [1.807, 2.05) is 6.07 Å². The Morgan fingerprint density at radius 1 is 0.944 bits per heavy atom. The maximum Gasteiger partial charge on any atom is 0.471 e. The lowest BCUT2D eigenvalue weighted by molar-refractivity contribution is -0.171. The van der Waals surface area contributed by atoms with Gasteiger partial charge in [-0.05, 0) is 68.3 Å². The molecule has 190 valence electrons. The molecule has 0 aliphatic heterocycles. The Morgan fingerprint density at radius 3 is 2.17 bits per heavy atom. The fourth-order valence-electron chi connectivity index (χ4n) is 4.32. The first kappa shape index (κ1) is 25.8. The second-order valence-electron chi connectivity index (χ2n) is 8.78. The molecule has 1 saturated carbocycles. The molecule has 1 aliphatic carbocycles. The number of rotatable bonds is 7. The van der Waals surface area contributed by atoms with Crippen LogP contribution in [-0.4, -0.2) is 24.0 Å². The maximum absolute atomic E-state index is 13.8. The number of anilines is 1. The van der Waals surface area contributed by atoms with Crippen molar-refractivity contribution in [3.05, 3.63) is 76.5 Å². The number of para-hydroxylation sites is 1. The Kier molecular flexibility index (Phi) is 7.98. The Bertz CT molecular complexity index is 1170. The summed E-state index contributed by atoms with van der Waals surface area (Å²) in [6.07, 6.45) is -0.685. The van der Waals surface area contributed by atoms with Gasteiger partial charge in [0.15, 0.2) is 6.04 Å². The van der Waals surface area contributed by atoms with Gasteiger partial charge in [-0.25, -0.2) is 0 Å². The molecule has 1 fully saturated rings. The molecule has 1 atom stereocenters. The van der Waals surface area contributed by atoms with Gasteiger partial charge in [-0.1, -0.05) is 37.5 Å². The molecule has 1 aliphatic rings. The summed E-state index contributed by atoms with van der Waals surface area (Å²) in [6, 6.07) is 16.4. The van der Waals surface area contributed by atoms with Crippen LogP contribution < -0.4 is 15.0 Å². The zero-order valence-electron chi connectivity index (χ0n) is 19.8. The predicted octanol–water partition coefficient (Wildman–Crippen LogP) is 6.93. The van der Waals surface area contributed by atoms with E-state index in [0.717, 1.165) is 37.0 Å². The van der Waals surface area contributed by atoms with Crippen molar-refractivity contribution in [3.8, 4) is 11.5 Å². The molecule has 9 heteroatoms. The summed E-state index contributed by atoms with van der Waals surface area (Å²) in [5.41, 5.74) is -0.0485. The van der Waals surface area contributed by atoms with Crippen molar-refractivity contribution >= 4 is 28.8 Å². The molecule has 1 aromatic heterocycles. The molecule has 0 saturated heterocycles.